The molecule has 0 spiro atoms. The van der Waals surface area contributed by atoms with E-state index in [1.807, 2.05) is 103 Å². The molecule has 2 aromatic heterocycles. The zero-order valence-electron chi connectivity index (χ0n) is 42.9. The van der Waals surface area contributed by atoms with Gasteiger partial charge in [-0.3, -0.25) is 0 Å². The van der Waals surface area contributed by atoms with E-state index in [-0.39, 0.29) is 20.1 Å². The molecule has 0 fully saturated rings. The molecule has 0 radical (unpaired) electrons. The number of rotatable bonds is 6. The minimum Gasteiger partial charge on any atom is -0.458 e. The molecule has 0 atom stereocenters. The molecule has 376 valence electrons. The Balaban J connectivity index is 0.857. The Morgan fingerprint density at radius 3 is 1.20 bits per heavy atom. The second-order valence-corrected chi connectivity index (χ2v) is 23.3. The highest BCUT2D eigenvalue weighted by atomic mass is 32.1. The molecular weight excluding hydrogens is 1030 g/mol. The summed E-state index contributed by atoms with van der Waals surface area (Å²) in [4.78, 5) is 4.55. The fourth-order valence-electron chi connectivity index (χ4n) is 13.2. The van der Waals surface area contributed by atoms with Crippen LogP contribution in [0.15, 0.2) is 200 Å². The van der Waals surface area contributed by atoms with Gasteiger partial charge in [-0.2, -0.15) is 0 Å². The number of thiophene rings is 2. The van der Waals surface area contributed by atoms with Gasteiger partial charge in [0.2, 0.25) is 0 Å². The van der Waals surface area contributed by atoms with E-state index in [4.69, 9.17) is 33.2 Å². The third-order valence-corrected chi connectivity index (χ3v) is 19.0. The fraction of sp³-hybridized carbons (Fsp3) is 0.0303. The normalized spacial score (nSPS) is 13.9. The smallest absolute Gasteiger partial charge is 0.273 e. The Morgan fingerprint density at radius 2 is 0.700 bits per heavy atom. The monoisotopic (exact) mass is 1070 g/mol. The molecule has 18 rings (SSSR count). The maximum atomic E-state index is 7.32. The van der Waals surface area contributed by atoms with Crippen molar-refractivity contribution in [2.45, 2.75) is 0 Å². The van der Waals surface area contributed by atoms with Crippen LogP contribution in [0.2, 0.25) is 0 Å². The van der Waals surface area contributed by atoms with Gasteiger partial charge >= 0.3 is 0 Å². The maximum absolute atomic E-state index is 7.32. The van der Waals surface area contributed by atoms with Crippen molar-refractivity contribution < 1.29 is 33.2 Å². The Labute approximate surface area is 468 Å². The second kappa shape index (κ2) is 16.5. The van der Waals surface area contributed by atoms with Gasteiger partial charge < -0.3 is 43.0 Å². The molecule has 9 nitrogen and oxygen atoms in total. The largest absolute Gasteiger partial charge is 0.458 e. The highest BCUT2D eigenvalue weighted by Crippen LogP contribution is 2.48. The maximum Gasteiger partial charge on any atom is 0.273 e. The van der Waals surface area contributed by atoms with Gasteiger partial charge in [-0.05, 0) is 93.4 Å². The summed E-state index contributed by atoms with van der Waals surface area (Å²) >= 11 is 3.59. The van der Waals surface area contributed by atoms with Gasteiger partial charge in [0, 0.05) is 121 Å². The lowest BCUT2D eigenvalue weighted by Gasteiger charge is -2.42. The first-order valence-corrected chi connectivity index (χ1v) is 28.4. The van der Waals surface area contributed by atoms with E-state index in [0.717, 1.165) is 133 Å². The van der Waals surface area contributed by atoms with E-state index in [1.165, 1.54) is 14.9 Å². The number of hydrogen-bond acceptors (Lipinski definition) is 11. The van der Waals surface area contributed by atoms with Gasteiger partial charge in [0.1, 0.15) is 80.5 Å². The standard InChI is InChI=1S/C66H39B3N2O7S2/c1-70-48-34-53-47(69-62-56(76-53)30-41(74-38-20-10-5-11-21-38)31-57(62)78-64-43-23-13-15-25-59(43)80-66(64)69)32-44(48)67-46-33-45-49(35-52(46)75-54-28-39(26-50(70)60(54)67)72-36-16-6-3-7-17-36)71(2)51-27-40(73-37-18-8-4-9-19-37)29-55-61(51)68(45)65-63(77-55)42-22-12-14-24-58(42)79-65/h3-35H,1-2H3. The molecule has 0 amide bonds. The molecule has 0 unspecified atom stereocenters. The first kappa shape index (κ1) is 44.5. The number of anilines is 4. The van der Waals surface area contributed by atoms with Gasteiger partial charge in [-0.1, -0.05) is 91.0 Å². The van der Waals surface area contributed by atoms with Crippen LogP contribution < -0.4 is 90.8 Å². The summed E-state index contributed by atoms with van der Waals surface area (Å²) in [6.45, 7) is -0.590. The zero-order valence-corrected chi connectivity index (χ0v) is 44.5. The molecule has 12 aromatic rings. The molecule has 6 aliphatic heterocycles. The molecule has 6 aliphatic rings. The highest BCUT2D eigenvalue weighted by Gasteiger charge is 2.49. The molecule has 0 saturated heterocycles. The van der Waals surface area contributed by atoms with Gasteiger partial charge in [-0.25, -0.2) is 0 Å². The van der Waals surface area contributed by atoms with Crippen LogP contribution in [0.25, 0.3) is 20.2 Å². The summed E-state index contributed by atoms with van der Waals surface area (Å²) < 4.78 is 53.0. The summed E-state index contributed by atoms with van der Waals surface area (Å²) in [5.41, 5.74) is 11.7. The summed E-state index contributed by atoms with van der Waals surface area (Å²) in [7, 11) is 4.28. The molecular formula is C66H39B3N2O7S2. The van der Waals surface area contributed by atoms with Gasteiger partial charge in [-0.15, -0.1) is 22.7 Å². The van der Waals surface area contributed by atoms with Gasteiger partial charge in [0.15, 0.2) is 0 Å². The molecule has 0 bridgehead atoms. The van der Waals surface area contributed by atoms with Crippen molar-refractivity contribution in [2.75, 3.05) is 23.9 Å². The summed E-state index contributed by atoms with van der Waals surface area (Å²) in [5.74, 6) is 10.5. The number of ether oxygens (including phenoxy) is 7. The van der Waals surface area contributed by atoms with Crippen LogP contribution in [0.4, 0.5) is 22.7 Å². The van der Waals surface area contributed by atoms with Crippen molar-refractivity contribution in [3.8, 4) is 80.5 Å². The average molecular weight is 1070 g/mol. The van der Waals surface area contributed by atoms with Crippen LogP contribution in [0.1, 0.15) is 0 Å². The van der Waals surface area contributed by atoms with E-state index in [1.54, 1.807) is 22.7 Å². The first-order chi connectivity index (χ1) is 39.4. The summed E-state index contributed by atoms with van der Waals surface area (Å²) in [6.07, 6.45) is 0. The summed E-state index contributed by atoms with van der Waals surface area (Å²) in [5, 5.41) is 2.18. The van der Waals surface area contributed by atoms with Crippen LogP contribution in [-0.2, 0) is 0 Å². The fourth-order valence-corrected chi connectivity index (χ4v) is 15.7. The Bertz CT molecular complexity index is 4670. The predicted octanol–water partition coefficient (Wildman–Crippen LogP) is 11.6. The first-order valence-electron chi connectivity index (χ1n) is 26.7. The molecule has 8 heterocycles. The van der Waals surface area contributed by atoms with Gasteiger partial charge in [0.05, 0.1) is 0 Å². The van der Waals surface area contributed by atoms with E-state index in [2.05, 4.69) is 121 Å². The average Bonchev–Trinajstić information content (AvgIpc) is 3.28. The number of para-hydroxylation sites is 3. The minimum atomic E-state index is -0.255. The van der Waals surface area contributed by atoms with Crippen LogP contribution in [0.5, 0.6) is 80.5 Å². The molecule has 80 heavy (non-hydrogen) atoms. The van der Waals surface area contributed by atoms with Crippen LogP contribution in [0, 0.1) is 0 Å². The number of hydrogen-bond donors (Lipinski definition) is 0. The lowest BCUT2D eigenvalue weighted by molar-refractivity contribution is 0.445. The third-order valence-electron chi connectivity index (χ3n) is 16.6. The van der Waals surface area contributed by atoms with Crippen molar-refractivity contribution in [2.24, 2.45) is 0 Å². The topological polar surface area (TPSA) is 71.1 Å². The van der Waals surface area contributed by atoms with Crippen LogP contribution in [0.3, 0.4) is 0 Å². The molecule has 0 saturated carbocycles. The highest BCUT2D eigenvalue weighted by molar-refractivity contribution is 7.34. The molecule has 14 heteroatoms. The van der Waals surface area contributed by atoms with E-state index >= 15 is 0 Å². The molecule has 0 N–H and O–H groups in total. The van der Waals surface area contributed by atoms with E-state index < -0.39 is 0 Å². The second-order valence-electron chi connectivity index (χ2n) is 21.1. The van der Waals surface area contributed by atoms with E-state index in [9.17, 15) is 0 Å². The summed E-state index contributed by atoms with van der Waals surface area (Å²) in [6, 6.07) is 68.6. The van der Waals surface area contributed by atoms with Crippen molar-refractivity contribution in [3.05, 3.63) is 200 Å². The quantitative estimate of drug-likeness (QED) is 0.151. The minimum absolute atomic E-state index is 0.145. The van der Waals surface area contributed by atoms with Crippen molar-refractivity contribution in [3.63, 3.8) is 0 Å². The Hall–Kier alpha value is -9.49. The van der Waals surface area contributed by atoms with Crippen LogP contribution in [-0.4, -0.2) is 34.2 Å². The Morgan fingerprint density at radius 1 is 0.325 bits per heavy atom. The number of fused-ring (bicyclic) bond motifs is 16. The number of benzene rings is 10. The van der Waals surface area contributed by atoms with Gasteiger partial charge in [0.25, 0.3) is 20.1 Å². The van der Waals surface area contributed by atoms with Crippen molar-refractivity contribution in [1.82, 2.24) is 0 Å². The molecule has 0 aliphatic carbocycles. The lowest BCUT2D eigenvalue weighted by Crippen LogP contribution is -2.64. The van der Waals surface area contributed by atoms with Crippen LogP contribution >= 0.6 is 22.7 Å². The zero-order chi connectivity index (χ0) is 52.5. The molecule has 10 aromatic carbocycles. The SMILES string of the molecule is CN1c2cc3c(cc2B2c4cc5c(cc4Oc4cc(Oc6ccccc6)cc1c42)N(C)c1cc(Oc2ccccc2)cc2c1B5c1sc4ccccc4c1O2)B1c2sc4ccccc4c2Oc2cc(Oc4ccccc4)cc(c21)O3. The van der Waals surface area contributed by atoms with Crippen molar-refractivity contribution in [1.29, 1.82) is 0 Å². The third kappa shape index (κ3) is 6.42. The predicted molar refractivity (Wildman–Crippen MR) is 326 cm³/mol. The van der Waals surface area contributed by atoms with E-state index in [0.29, 0.717) is 23.0 Å². The Kier molecular flexibility index (Phi) is 9.19. The number of nitrogens with zero attached hydrogens (tertiary/aromatic N) is 2. The lowest BCUT2D eigenvalue weighted by atomic mass is 9.31. The van der Waals surface area contributed by atoms with Crippen molar-refractivity contribution >= 4 is 134 Å².